The summed E-state index contributed by atoms with van der Waals surface area (Å²) >= 11 is 0. The Bertz CT molecular complexity index is 437. The van der Waals surface area contributed by atoms with Crippen molar-refractivity contribution in [3.05, 3.63) is 0 Å². The summed E-state index contributed by atoms with van der Waals surface area (Å²) < 4.78 is 31.6. The van der Waals surface area contributed by atoms with E-state index in [1.165, 1.54) is 0 Å². The number of likely N-dealkylation sites (N-methyl/N-ethyl adjacent to an activating group) is 1. The zero-order chi connectivity index (χ0) is 14.0. The molecular weight excluding hydrogens is 268 g/mol. The first kappa shape index (κ1) is 14.7. The quantitative estimate of drug-likeness (QED) is 0.796. The zero-order valence-electron chi connectivity index (χ0n) is 11.5. The van der Waals surface area contributed by atoms with E-state index in [0.29, 0.717) is 32.2 Å². The Morgan fingerprint density at radius 3 is 2.74 bits per heavy atom. The van der Waals surface area contributed by atoms with Gasteiger partial charge < -0.3 is 10.1 Å². The highest BCUT2D eigenvalue weighted by atomic mass is 32.2. The number of rotatable bonds is 4. The van der Waals surface area contributed by atoms with Crippen molar-refractivity contribution >= 4 is 15.9 Å². The molecule has 2 saturated heterocycles. The van der Waals surface area contributed by atoms with Crippen LogP contribution in [-0.2, 0) is 19.6 Å². The molecule has 0 aromatic heterocycles. The van der Waals surface area contributed by atoms with E-state index in [1.807, 2.05) is 6.92 Å². The van der Waals surface area contributed by atoms with E-state index in [9.17, 15) is 13.2 Å². The third kappa shape index (κ3) is 2.93. The normalized spacial score (nSPS) is 32.0. The Morgan fingerprint density at radius 1 is 1.37 bits per heavy atom. The van der Waals surface area contributed by atoms with E-state index in [1.54, 1.807) is 11.4 Å². The van der Waals surface area contributed by atoms with Crippen molar-refractivity contribution in [2.75, 3.05) is 19.3 Å². The van der Waals surface area contributed by atoms with Crippen molar-refractivity contribution in [3.8, 4) is 0 Å². The van der Waals surface area contributed by atoms with Crippen LogP contribution in [0.5, 0.6) is 0 Å². The molecule has 110 valence electrons. The maximum atomic E-state index is 12.2. The molecule has 0 radical (unpaired) electrons. The topological polar surface area (TPSA) is 75.7 Å². The van der Waals surface area contributed by atoms with E-state index < -0.39 is 16.1 Å². The predicted octanol–water partition coefficient (Wildman–Crippen LogP) is 0.0941. The van der Waals surface area contributed by atoms with E-state index in [4.69, 9.17) is 4.74 Å². The minimum atomic E-state index is -3.17. The summed E-state index contributed by atoms with van der Waals surface area (Å²) in [6.07, 6.45) is 2.02. The van der Waals surface area contributed by atoms with Crippen LogP contribution < -0.4 is 5.32 Å². The van der Waals surface area contributed by atoms with Crippen molar-refractivity contribution in [2.24, 2.45) is 0 Å². The number of ether oxygens (including phenoxy) is 1. The van der Waals surface area contributed by atoms with E-state index in [0.717, 1.165) is 0 Å². The summed E-state index contributed by atoms with van der Waals surface area (Å²) in [5.41, 5.74) is 0. The Balaban J connectivity index is 2.04. The van der Waals surface area contributed by atoms with Gasteiger partial charge in [-0.3, -0.25) is 4.79 Å². The maximum Gasteiger partial charge on any atom is 0.248 e. The summed E-state index contributed by atoms with van der Waals surface area (Å²) in [7, 11) is -1.58. The number of nitrogens with one attached hydrogen (secondary N) is 1. The van der Waals surface area contributed by atoms with Gasteiger partial charge in [-0.1, -0.05) is 6.92 Å². The molecule has 0 spiro atoms. The second-order valence-electron chi connectivity index (χ2n) is 5.14. The molecule has 2 heterocycles. The smallest absolute Gasteiger partial charge is 0.248 e. The highest BCUT2D eigenvalue weighted by Crippen LogP contribution is 2.33. The molecule has 2 aliphatic rings. The van der Waals surface area contributed by atoms with Gasteiger partial charge in [0.1, 0.15) is 6.10 Å². The SMILES string of the molecule is CCCS(=O)(=O)N1CC[C@H]2O[C@@H](C(=O)NC)CC[C@H]21. The van der Waals surface area contributed by atoms with E-state index >= 15 is 0 Å². The van der Waals surface area contributed by atoms with Gasteiger partial charge >= 0.3 is 0 Å². The van der Waals surface area contributed by atoms with Crippen LogP contribution in [0.15, 0.2) is 0 Å². The highest BCUT2D eigenvalue weighted by molar-refractivity contribution is 7.89. The fourth-order valence-electron chi connectivity index (χ4n) is 2.96. The number of amides is 1. The number of nitrogens with zero attached hydrogens (tertiary/aromatic N) is 1. The fourth-order valence-corrected chi connectivity index (χ4v) is 4.75. The predicted molar refractivity (Wildman–Crippen MR) is 71.2 cm³/mol. The van der Waals surface area contributed by atoms with Crippen LogP contribution in [0.3, 0.4) is 0 Å². The van der Waals surface area contributed by atoms with Gasteiger partial charge in [0, 0.05) is 13.6 Å². The first-order valence-electron chi connectivity index (χ1n) is 6.86. The van der Waals surface area contributed by atoms with Gasteiger partial charge in [0.05, 0.1) is 17.9 Å². The lowest BCUT2D eigenvalue weighted by Crippen LogP contribution is -2.48. The Kier molecular flexibility index (Phi) is 4.47. The molecular formula is C12H22N2O4S. The molecule has 19 heavy (non-hydrogen) atoms. The summed E-state index contributed by atoms with van der Waals surface area (Å²) in [5, 5.41) is 2.58. The first-order chi connectivity index (χ1) is 8.99. The van der Waals surface area contributed by atoms with Crippen molar-refractivity contribution < 1.29 is 17.9 Å². The fraction of sp³-hybridized carbons (Fsp3) is 0.917. The molecule has 0 aromatic carbocycles. The summed E-state index contributed by atoms with van der Waals surface area (Å²) in [4.78, 5) is 11.6. The number of fused-ring (bicyclic) bond motifs is 1. The average Bonchev–Trinajstić information content (AvgIpc) is 2.81. The van der Waals surface area contributed by atoms with Gasteiger partial charge in [0.15, 0.2) is 0 Å². The molecule has 7 heteroatoms. The lowest BCUT2D eigenvalue weighted by atomic mass is 9.99. The molecule has 1 N–H and O–H groups in total. The minimum Gasteiger partial charge on any atom is -0.363 e. The van der Waals surface area contributed by atoms with Gasteiger partial charge in [-0.05, 0) is 25.7 Å². The number of hydrogen-bond donors (Lipinski definition) is 1. The third-order valence-corrected chi connectivity index (χ3v) is 5.95. The van der Waals surface area contributed by atoms with Crippen LogP contribution in [-0.4, -0.2) is 56.2 Å². The molecule has 1 amide bonds. The Morgan fingerprint density at radius 2 is 2.11 bits per heavy atom. The summed E-state index contributed by atoms with van der Waals surface area (Å²) in [6.45, 7) is 2.38. The zero-order valence-corrected chi connectivity index (χ0v) is 12.3. The number of sulfonamides is 1. The third-order valence-electron chi connectivity index (χ3n) is 3.85. The molecule has 3 atom stereocenters. The Labute approximate surface area is 114 Å². The maximum absolute atomic E-state index is 12.2. The largest absolute Gasteiger partial charge is 0.363 e. The number of carbonyl (C=O) groups is 1. The number of carbonyl (C=O) groups excluding carboxylic acids is 1. The average molecular weight is 290 g/mol. The van der Waals surface area contributed by atoms with Crippen LogP contribution in [0.1, 0.15) is 32.6 Å². The molecule has 0 aliphatic carbocycles. The van der Waals surface area contributed by atoms with Gasteiger partial charge in [0.25, 0.3) is 0 Å². The van der Waals surface area contributed by atoms with E-state index in [2.05, 4.69) is 5.32 Å². The first-order valence-corrected chi connectivity index (χ1v) is 8.47. The number of hydrogen-bond acceptors (Lipinski definition) is 4. The standard InChI is InChI=1S/C12H22N2O4S/c1-3-8-19(16,17)14-7-6-10-9(14)4-5-11(18-10)12(15)13-2/h9-11H,3-8H2,1-2H3,(H,13,15)/t9-,10-,11-/m1/s1. The van der Waals surface area contributed by atoms with Crippen molar-refractivity contribution in [2.45, 2.75) is 50.9 Å². The molecule has 2 fully saturated rings. The van der Waals surface area contributed by atoms with Gasteiger partial charge in [-0.15, -0.1) is 0 Å². The Hall–Kier alpha value is -0.660. The van der Waals surface area contributed by atoms with Gasteiger partial charge in [-0.25, -0.2) is 8.42 Å². The van der Waals surface area contributed by atoms with Crippen molar-refractivity contribution in [1.82, 2.24) is 9.62 Å². The molecule has 2 rings (SSSR count). The highest BCUT2D eigenvalue weighted by Gasteiger charge is 2.45. The lowest BCUT2D eigenvalue weighted by Gasteiger charge is -2.34. The van der Waals surface area contributed by atoms with E-state index in [-0.39, 0.29) is 23.8 Å². The van der Waals surface area contributed by atoms with Crippen LogP contribution in [0, 0.1) is 0 Å². The molecule has 0 aromatic rings. The monoisotopic (exact) mass is 290 g/mol. The van der Waals surface area contributed by atoms with Gasteiger partial charge in [-0.2, -0.15) is 4.31 Å². The summed E-state index contributed by atoms with van der Waals surface area (Å²) in [5.74, 6) is 0.0723. The lowest BCUT2D eigenvalue weighted by molar-refractivity contribution is -0.142. The van der Waals surface area contributed by atoms with Gasteiger partial charge in [0.2, 0.25) is 15.9 Å². The molecule has 0 saturated carbocycles. The second kappa shape index (κ2) is 5.76. The van der Waals surface area contributed by atoms with Crippen LogP contribution in [0.2, 0.25) is 0 Å². The molecule has 6 nitrogen and oxygen atoms in total. The van der Waals surface area contributed by atoms with Crippen LogP contribution >= 0.6 is 0 Å². The van der Waals surface area contributed by atoms with Crippen molar-refractivity contribution in [1.29, 1.82) is 0 Å². The summed E-state index contributed by atoms with van der Waals surface area (Å²) in [6, 6.07) is -0.0857. The molecule has 0 unspecified atom stereocenters. The van der Waals surface area contributed by atoms with Crippen LogP contribution in [0.25, 0.3) is 0 Å². The minimum absolute atomic E-state index is 0.0857. The van der Waals surface area contributed by atoms with Crippen molar-refractivity contribution in [3.63, 3.8) is 0 Å². The molecule has 0 bridgehead atoms. The van der Waals surface area contributed by atoms with Crippen LogP contribution in [0.4, 0.5) is 0 Å². The second-order valence-corrected chi connectivity index (χ2v) is 7.18. The molecule has 2 aliphatic heterocycles.